The van der Waals surface area contributed by atoms with E-state index >= 15 is 0 Å². The number of hydrogen-bond acceptors (Lipinski definition) is 2. The van der Waals surface area contributed by atoms with Crippen molar-refractivity contribution in [2.24, 2.45) is 10.9 Å². The summed E-state index contributed by atoms with van der Waals surface area (Å²) in [5.74, 6) is 1.28. The number of halogens is 2. The van der Waals surface area contributed by atoms with Crippen LogP contribution < -0.4 is 0 Å². The Labute approximate surface area is 112 Å². The van der Waals surface area contributed by atoms with Crippen molar-refractivity contribution >= 4 is 29.1 Å². The molecule has 4 heteroatoms. The minimum atomic E-state index is 0.274. The van der Waals surface area contributed by atoms with E-state index in [-0.39, 0.29) is 6.04 Å². The lowest BCUT2D eigenvalue weighted by molar-refractivity contribution is 0.287. The van der Waals surface area contributed by atoms with Crippen molar-refractivity contribution in [3.05, 3.63) is 33.8 Å². The predicted molar refractivity (Wildman–Crippen MR) is 72.2 cm³/mol. The molecular formula is C13H15Cl2NO. The van der Waals surface area contributed by atoms with Crippen molar-refractivity contribution in [1.29, 1.82) is 0 Å². The molecule has 0 amide bonds. The Hall–Kier alpha value is -0.730. The van der Waals surface area contributed by atoms with Gasteiger partial charge in [0.15, 0.2) is 5.90 Å². The minimum Gasteiger partial charge on any atom is -0.478 e. The molecule has 1 heterocycles. The Morgan fingerprint density at radius 1 is 1.41 bits per heavy atom. The molecule has 1 aromatic rings. The molecule has 0 spiro atoms. The topological polar surface area (TPSA) is 21.6 Å². The van der Waals surface area contributed by atoms with Crippen LogP contribution >= 0.6 is 23.2 Å². The van der Waals surface area contributed by atoms with E-state index in [4.69, 9.17) is 27.9 Å². The van der Waals surface area contributed by atoms with Crippen LogP contribution in [0.1, 0.15) is 19.4 Å². The van der Waals surface area contributed by atoms with Crippen molar-refractivity contribution in [1.82, 2.24) is 0 Å². The number of ether oxygens (including phenoxy) is 1. The highest BCUT2D eigenvalue weighted by Gasteiger charge is 2.22. The van der Waals surface area contributed by atoms with Gasteiger partial charge in [-0.05, 0) is 23.6 Å². The monoisotopic (exact) mass is 271 g/mol. The summed E-state index contributed by atoms with van der Waals surface area (Å²) < 4.78 is 5.57. The van der Waals surface area contributed by atoms with Crippen LogP contribution in [0.3, 0.4) is 0 Å². The average Bonchev–Trinajstić information content (AvgIpc) is 2.71. The maximum Gasteiger partial charge on any atom is 0.188 e. The average molecular weight is 272 g/mol. The zero-order valence-corrected chi connectivity index (χ0v) is 11.4. The molecule has 0 fully saturated rings. The molecule has 0 saturated carbocycles. The summed E-state index contributed by atoms with van der Waals surface area (Å²) in [6.07, 6.45) is 0.638. The van der Waals surface area contributed by atoms with Crippen LogP contribution in [0.25, 0.3) is 0 Å². The molecule has 0 radical (unpaired) electrons. The standard InChI is InChI=1S/C13H15Cl2NO/c1-8(2)12-7-17-13(16-12)5-9-3-4-10(14)6-11(9)15/h3-4,6,8,12H,5,7H2,1-2H3/t12-/m0/s1. The van der Waals surface area contributed by atoms with Crippen molar-refractivity contribution < 1.29 is 4.74 Å². The second kappa shape index (κ2) is 5.28. The fraction of sp³-hybridized carbons (Fsp3) is 0.462. The molecule has 0 N–H and O–H groups in total. The van der Waals surface area contributed by atoms with Gasteiger partial charge in [-0.2, -0.15) is 0 Å². The van der Waals surface area contributed by atoms with E-state index in [1.807, 2.05) is 12.1 Å². The van der Waals surface area contributed by atoms with Crippen molar-refractivity contribution in [2.45, 2.75) is 26.3 Å². The first-order valence-corrected chi connectivity index (χ1v) is 6.45. The first kappa shape index (κ1) is 12.7. The van der Waals surface area contributed by atoms with Crippen LogP contribution in [0.15, 0.2) is 23.2 Å². The van der Waals surface area contributed by atoms with Crippen molar-refractivity contribution in [2.75, 3.05) is 6.61 Å². The van der Waals surface area contributed by atoms with Gasteiger partial charge in [0.05, 0.1) is 6.04 Å². The maximum absolute atomic E-state index is 6.11. The molecule has 0 unspecified atom stereocenters. The second-order valence-electron chi connectivity index (χ2n) is 4.56. The summed E-state index contributed by atoms with van der Waals surface area (Å²) >= 11 is 12.0. The van der Waals surface area contributed by atoms with Gasteiger partial charge in [0, 0.05) is 16.5 Å². The van der Waals surface area contributed by atoms with Crippen LogP contribution in [0, 0.1) is 5.92 Å². The van der Waals surface area contributed by atoms with Crippen LogP contribution in [-0.4, -0.2) is 18.5 Å². The predicted octanol–water partition coefficient (Wildman–Crippen LogP) is 3.99. The van der Waals surface area contributed by atoms with E-state index in [1.165, 1.54) is 0 Å². The number of nitrogens with zero attached hydrogens (tertiary/aromatic N) is 1. The van der Waals surface area contributed by atoms with Gasteiger partial charge in [0.2, 0.25) is 0 Å². The number of benzene rings is 1. The molecule has 0 bridgehead atoms. The van der Waals surface area contributed by atoms with E-state index < -0.39 is 0 Å². The summed E-state index contributed by atoms with van der Waals surface area (Å²) in [6, 6.07) is 5.77. The lowest BCUT2D eigenvalue weighted by atomic mass is 10.1. The van der Waals surface area contributed by atoms with Crippen LogP contribution in [0.5, 0.6) is 0 Å². The molecule has 2 nitrogen and oxygen atoms in total. The van der Waals surface area contributed by atoms with E-state index in [0.29, 0.717) is 29.0 Å². The van der Waals surface area contributed by atoms with E-state index in [1.54, 1.807) is 6.07 Å². The quantitative estimate of drug-likeness (QED) is 0.815. The van der Waals surface area contributed by atoms with Gasteiger partial charge < -0.3 is 4.74 Å². The third-order valence-electron chi connectivity index (χ3n) is 2.86. The van der Waals surface area contributed by atoms with Crippen molar-refractivity contribution in [3.63, 3.8) is 0 Å². The normalized spacial score (nSPS) is 19.4. The third kappa shape index (κ3) is 3.14. The molecule has 1 aliphatic rings. The summed E-state index contributed by atoms with van der Waals surface area (Å²) in [7, 11) is 0. The Bertz CT molecular complexity index is 443. The molecule has 1 aromatic carbocycles. The van der Waals surface area contributed by atoms with Crippen LogP contribution in [0.2, 0.25) is 10.0 Å². The second-order valence-corrected chi connectivity index (χ2v) is 5.40. The zero-order chi connectivity index (χ0) is 12.4. The minimum absolute atomic E-state index is 0.274. The Morgan fingerprint density at radius 3 is 2.76 bits per heavy atom. The maximum atomic E-state index is 6.11. The lowest BCUT2D eigenvalue weighted by Crippen LogP contribution is -2.13. The SMILES string of the molecule is CC(C)[C@@H]1COC(Cc2ccc(Cl)cc2Cl)=N1. The first-order chi connectivity index (χ1) is 8.06. The van der Waals surface area contributed by atoms with Gasteiger partial charge in [0.1, 0.15) is 6.61 Å². The van der Waals surface area contributed by atoms with Gasteiger partial charge in [-0.1, -0.05) is 43.1 Å². The molecule has 2 rings (SSSR count). The molecule has 17 heavy (non-hydrogen) atoms. The Kier molecular flexibility index (Phi) is 3.95. The van der Waals surface area contributed by atoms with Gasteiger partial charge in [0.25, 0.3) is 0 Å². The highest BCUT2D eigenvalue weighted by Crippen LogP contribution is 2.23. The highest BCUT2D eigenvalue weighted by molar-refractivity contribution is 6.35. The van der Waals surface area contributed by atoms with Crippen LogP contribution in [0.4, 0.5) is 0 Å². The van der Waals surface area contributed by atoms with Gasteiger partial charge in [-0.25, -0.2) is 4.99 Å². The van der Waals surface area contributed by atoms with Crippen LogP contribution in [-0.2, 0) is 11.2 Å². The highest BCUT2D eigenvalue weighted by atomic mass is 35.5. The summed E-state index contributed by atoms with van der Waals surface area (Å²) in [6.45, 7) is 4.98. The largest absolute Gasteiger partial charge is 0.478 e. The van der Waals surface area contributed by atoms with Gasteiger partial charge in [-0.3, -0.25) is 0 Å². The van der Waals surface area contributed by atoms with Gasteiger partial charge >= 0.3 is 0 Å². The lowest BCUT2D eigenvalue weighted by Gasteiger charge is -2.06. The zero-order valence-electron chi connectivity index (χ0n) is 9.91. The Balaban J connectivity index is 2.09. The molecule has 0 aromatic heterocycles. The van der Waals surface area contributed by atoms with E-state index in [2.05, 4.69) is 18.8 Å². The third-order valence-corrected chi connectivity index (χ3v) is 3.44. The fourth-order valence-electron chi connectivity index (χ4n) is 1.71. The number of rotatable bonds is 3. The molecule has 0 saturated heterocycles. The summed E-state index contributed by atoms with van der Waals surface area (Å²) in [5.41, 5.74) is 0.999. The number of hydrogen-bond donors (Lipinski definition) is 0. The van der Waals surface area contributed by atoms with E-state index in [0.717, 1.165) is 11.5 Å². The molecule has 92 valence electrons. The van der Waals surface area contributed by atoms with E-state index in [9.17, 15) is 0 Å². The molecule has 0 aliphatic carbocycles. The fourth-order valence-corrected chi connectivity index (χ4v) is 2.18. The number of aliphatic imine (C=N–C) groups is 1. The molecule has 1 atom stereocenters. The van der Waals surface area contributed by atoms with Crippen molar-refractivity contribution in [3.8, 4) is 0 Å². The first-order valence-electron chi connectivity index (χ1n) is 5.69. The summed E-state index contributed by atoms with van der Waals surface area (Å²) in [5, 5.41) is 1.31. The summed E-state index contributed by atoms with van der Waals surface area (Å²) in [4.78, 5) is 4.55. The molecule has 1 aliphatic heterocycles. The Morgan fingerprint density at radius 2 is 2.18 bits per heavy atom. The van der Waals surface area contributed by atoms with Gasteiger partial charge in [-0.15, -0.1) is 0 Å². The molecular weight excluding hydrogens is 257 g/mol. The smallest absolute Gasteiger partial charge is 0.188 e.